The van der Waals surface area contributed by atoms with E-state index in [9.17, 15) is 10.2 Å². The molecule has 0 radical (unpaired) electrons. The van der Waals surface area contributed by atoms with Gasteiger partial charge in [-0.3, -0.25) is 0 Å². The largest absolute Gasteiger partial charge is 0.391 e. The molecular formula is C16H25NO4. The lowest BCUT2D eigenvalue weighted by atomic mass is 9.96. The molecule has 5 heteroatoms. The van der Waals surface area contributed by atoms with Crippen LogP contribution in [0.25, 0.3) is 0 Å². The molecule has 0 saturated carbocycles. The molecule has 118 valence electrons. The Morgan fingerprint density at radius 1 is 1.14 bits per heavy atom. The van der Waals surface area contributed by atoms with Crippen LogP contribution in [0.3, 0.4) is 0 Å². The van der Waals surface area contributed by atoms with Crippen molar-refractivity contribution in [2.75, 3.05) is 7.11 Å². The van der Waals surface area contributed by atoms with Gasteiger partial charge in [-0.15, -0.1) is 0 Å². The summed E-state index contributed by atoms with van der Waals surface area (Å²) in [6.45, 7) is 5.71. The summed E-state index contributed by atoms with van der Waals surface area (Å²) in [6.07, 6.45) is -2.47. The average Bonchev–Trinajstić information content (AvgIpc) is 2.46. The van der Waals surface area contributed by atoms with Gasteiger partial charge in [-0.2, -0.15) is 0 Å². The summed E-state index contributed by atoms with van der Waals surface area (Å²) in [4.78, 5) is 5.32. The summed E-state index contributed by atoms with van der Waals surface area (Å²) in [5.74, 6) is 0.0995. The molecule has 0 bridgehead atoms. The van der Waals surface area contributed by atoms with Gasteiger partial charge in [-0.05, 0) is 18.4 Å². The third-order valence-corrected chi connectivity index (χ3v) is 3.15. The Kier molecular flexibility index (Phi) is 7.36. The SMILES string of the molecule is CO[C@H](/C(=N/OCc1ccccc1)[C@@H](O)[C@@H](C)O)C(C)C. The topological polar surface area (TPSA) is 71.3 Å². The molecule has 0 saturated heterocycles. The molecular weight excluding hydrogens is 270 g/mol. The van der Waals surface area contributed by atoms with Crippen molar-refractivity contribution in [2.45, 2.75) is 45.7 Å². The van der Waals surface area contributed by atoms with Crippen molar-refractivity contribution in [1.29, 1.82) is 0 Å². The van der Waals surface area contributed by atoms with E-state index in [-0.39, 0.29) is 5.92 Å². The van der Waals surface area contributed by atoms with Gasteiger partial charge in [0.2, 0.25) is 0 Å². The molecule has 5 nitrogen and oxygen atoms in total. The average molecular weight is 295 g/mol. The highest BCUT2D eigenvalue weighted by Gasteiger charge is 2.29. The van der Waals surface area contributed by atoms with Crippen LogP contribution < -0.4 is 0 Å². The van der Waals surface area contributed by atoms with Crippen molar-refractivity contribution in [1.82, 2.24) is 0 Å². The van der Waals surface area contributed by atoms with E-state index in [1.165, 1.54) is 6.92 Å². The summed E-state index contributed by atoms with van der Waals surface area (Å²) >= 11 is 0. The molecule has 0 aliphatic carbocycles. The number of hydrogen-bond donors (Lipinski definition) is 2. The zero-order valence-electron chi connectivity index (χ0n) is 13.1. The zero-order valence-corrected chi connectivity index (χ0v) is 13.1. The first kappa shape index (κ1) is 17.6. The van der Waals surface area contributed by atoms with Gasteiger partial charge in [-0.25, -0.2) is 0 Å². The predicted octanol–water partition coefficient (Wildman–Crippen LogP) is 1.97. The minimum absolute atomic E-state index is 0.0995. The Labute approximate surface area is 126 Å². The molecule has 0 aliphatic rings. The Morgan fingerprint density at radius 3 is 2.24 bits per heavy atom. The van der Waals surface area contributed by atoms with Crippen LogP contribution in [-0.4, -0.2) is 41.3 Å². The molecule has 0 heterocycles. The number of nitrogens with zero attached hydrogens (tertiary/aromatic N) is 1. The van der Waals surface area contributed by atoms with Crippen molar-refractivity contribution in [2.24, 2.45) is 11.1 Å². The second-order valence-electron chi connectivity index (χ2n) is 5.36. The van der Waals surface area contributed by atoms with Gasteiger partial charge in [0.25, 0.3) is 0 Å². The Balaban J connectivity index is 2.82. The molecule has 0 unspecified atom stereocenters. The molecule has 1 aromatic rings. The molecule has 0 spiro atoms. The van der Waals surface area contributed by atoms with Crippen molar-refractivity contribution >= 4 is 5.71 Å². The molecule has 0 aromatic heterocycles. The maximum atomic E-state index is 10.1. The minimum atomic E-state index is -1.12. The van der Waals surface area contributed by atoms with Gasteiger partial charge in [0.15, 0.2) is 0 Å². The number of hydrogen-bond acceptors (Lipinski definition) is 5. The van der Waals surface area contributed by atoms with Crippen molar-refractivity contribution in [3.05, 3.63) is 35.9 Å². The van der Waals surface area contributed by atoms with E-state index in [4.69, 9.17) is 9.57 Å². The highest BCUT2D eigenvalue weighted by atomic mass is 16.6. The first-order valence-electron chi connectivity index (χ1n) is 7.10. The van der Waals surface area contributed by atoms with Gasteiger partial charge >= 0.3 is 0 Å². The molecule has 2 N–H and O–H groups in total. The summed E-state index contributed by atoms with van der Waals surface area (Å²) in [6, 6.07) is 9.61. The highest BCUT2D eigenvalue weighted by molar-refractivity contribution is 5.92. The fraction of sp³-hybridized carbons (Fsp3) is 0.562. The fourth-order valence-electron chi connectivity index (χ4n) is 2.01. The second kappa shape index (κ2) is 8.77. The van der Waals surface area contributed by atoms with Crippen LogP contribution in [0, 0.1) is 5.92 Å². The van der Waals surface area contributed by atoms with Crippen LogP contribution in [0.5, 0.6) is 0 Å². The standard InChI is InChI=1S/C16H25NO4/c1-11(2)16(20-4)14(15(19)12(3)18)17-21-10-13-8-6-5-7-9-13/h5-9,11-12,15-16,18-19H,10H2,1-4H3/b17-14+/t12-,15+,16+/m1/s1. The van der Waals surface area contributed by atoms with E-state index >= 15 is 0 Å². The lowest BCUT2D eigenvalue weighted by Crippen LogP contribution is -2.42. The number of benzene rings is 1. The quantitative estimate of drug-likeness (QED) is 0.568. The van der Waals surface area contributed by atoms with Gasteiger partial charge in [-0.1, -0.05) is 49.3 Å². The van der Waals surface area contributed by atoms with E-state index in [2.05, 4.69) is 5.16 Å². The van der Waals surface area contributed by atoms with Crippen LogP contribution in [0.2, 0.25) is 0 Å². The van der Waals surface area contributed by atoms with Crippen molar-refractivity contribution in [3.63, 3.8) is 0 Å². The third-order valence-electron chi connectivity index (χ3n) is 3.15. The molecule has 0 aliphatic heterocycles. The monoisotopic (exact) mass is 295 g/mol. The van der Waals surface area contributed by atoms with E-state index in [1.807, 2.05) is 44.2 Å². The number of methoxy groups -OCH3 is 1. The van der Waals surface area contributed by atoms with Crippen LogP contribution >= 0.6 is 0 Å². The molecule has 1 rings (SSSR count). The van der Waals surface area contributed by atoms with Crippen LogP contribution in [0.1, 0.15) is 26.3 Å². The van der Waals surface area contributed by atoms with Crippen LogP contribution in [0.15, 0.2) is 35.5 Å². The van der Waals surface area contributed by atoms with Gasteiger partial charge in [0.05, 0.1) is 6.10 Å². The molecule has 0 fully saturated rings. The lowest BCUT2D eigenvalue weighted by molar-refractivity contribution is 0.0428. The minimum Gasteiger partial charge on any atom is -0.391 e. The van der Waals surface area contributed by atoms with E-state index in [0.29, 0.717) is 12.3 Å². The fourth-order valence-corrected chi connectivity index (χ4v) is 2.01. The van der Waals surface area contributed by atoms with Crippen LogP contribution in [0.4, 0.5) is 0 Å². The molecule has 1 aromatic carbocycles. The van der Waals surface area contributed by atoms with E-state index in [1.54, 1.807) is 7.11 Å². The number of rotatable bonds is 8. The summed E-state index contributed by atoms with van der Waals surface area (Å²) in [7, 11) is 1.55. The summed E-state index contributed by atoms with van der Waals surface area (Å²) in [5.41, 5.74) is 1.28. The number of aliphatic hydroxyl groups excluding tert-OH is 2. The first-order chi connectivity index (χ1) is 9.97. The van der Waals surface area contributed by atoms with Crippen LogP contribution in [-0.2, 0) is 16.2 Å². The smallest absolute Gasteiger partial charge is 0.142 e. The van der Waals surface area contributed by atoms with Crippen molar-refractivity contribution in [3.8, 4) is 0 Å². The van der Waals surface area contributed by atoms with Gasteiger partial charge < -0.3 is 19.8 Å². The summed E-state index contributed by atoms with van der Waals surface area (Å²) in [5, 5.41) is 23.7. The normalized spacial score (nSPS) is 16.6. The van der Waals surface area contributed by atoms with Gasteiger partial charge in [0.1, 0.15) is 24.5 Å². The Morgan fingerprint density at radius 2 is 1.76 bits per heavy atom. The number of ether oxygens (including phenoxy) is 1. The second-order valence-corrected chi connectivity index (χ2v) is 5.36. The lowest BCUT2D eigenvalue weighted by Gasteiger charge is -2.25. The molecule has 0 amide bonds. The highest BCUT2D eigenvalue weighted by Crippen LogP contribution is 2.13. The zero-order chi connectivity index (χ0) is 15.8. The molecule has 3 atom stereocenters. The Hall–Kier alpha value is -1.43. The first-order valence-corrected chi connectivity index (χ1v) is 7.10. The van der Waals surface area contributed by atoms with E-state index < -0.39 is 18.3 Å². The van der Waals surface area contributed by atoms with E-state index in [0.717, 1.165) is 5.56 Å². The maximum Gasteiger partial charge on any atom is 0.142 e. The number of oxime groups is 1. The maximum absolute atomic E-state index is 10.1. The summed E-state index contributed by atoms with van der Waals surface area (Å²) < 4.78 is 5.37. The van der Waals surface area contributed by atoms with Gasteiger partial charge in [0, 0.05) is 7.11 Å². The van der Waals surface area contributed by atoms with Crippen molar-refractivity contribution < 1.29 is 19.8 Å². The Bertz CT molecular complexity index is 431. The third kappa shape index (κ3) is 5.46. The number of aliphatic hydroxyl groups is 2. The molecule has 21 heavy (non-hydrogen) atoms. The predicted molar refractivity (Wildman–Crippen MR) is 82.0 cm³/mol.